The number of carbonyl (C=O) groups is 3. The number of nitrogens with one attached hydrogen (secondary N) is 2. The molecule has 1 fully saturated rings. The number of amides is 4. The summed E-state index contributed by atoms with van der Waals surface area (Å²) in [4.78, 5) is 37.4. The summed E-state index contributed by atoms with van der Waals surface area (Å²) < 4.78 is 54.1. The molecule has 0 radical (unpaired) electrons. The SMILES string of the molecule is C[C@]1(c2cc(F)ccc2F)NC(=O)N(CC(=O)Nc2ccc(F)cc2F)C1=O. The number of urea groups is 1. The highest BCUT2D eigenvalue weighted by molar-refractivity contribution is 6.10. The molecule has 1 aliphatic rings. The first-order valence-electron chi connectivity index (χ1n) is 7.96. The first kappa shape index (κ1) is 19.3. The maximum atomic E-state index is 14.1. The second-order valence-corrected chi connectivity index (χ2v) is 6.24. The van der Waals surface area contributed by atoms with Gasteiger partial charge in [-0.05, 0) is 37.3 Å². The number of imide groups is 1. The molecule has 1 heterocycles. The van der Waals surface area contributed by atoms with E-state index in [1.165, 1.54) is 6.92 Å². The standard InChI is InChI=1S/C18H13F4N3O3/c1-18(11-6-9(19)2-4-12(11)21)16(27)25(17(28)24-18)8-15(26)23-14-5-3-10(20)7-13(14)22/h2-7H,8H2,1H3,(H,23,26)(H,24,28)/t18-/m1/s1. The molecule has 3 rings (SSSR count). The minimum atomic E-state index is -1.93. The Kier molecular flexibility index (Phi) is 4.80. The molecule has 28 heavy (non-hydrogen) atoms. The highest BCUT2D eigenvalue weighted by atomic mass is 19.1. The smallest absolute Gasteiger partial charge is 0.322 e. The molecule has 0 aliphatic carbocycles. The second-order valence-electron chi connectivity index (χ2n) is 6.24. The normalized spacial score (nSPS) is 19.0. The van der Waals surface area contributed by atoms with E-state index in [2.05, 4.69) is 10.6 Å². The topological polar surface area (TPSA) is 78.5 Å². The predicted molar refractivity (Wildman–Crippen MR) is 88.9 cm³/mol. The van der Waals surface area contributed by atoms with Gasteiger partial charge < -0.3 is 10.6 Å². The summed E-state index contributed by atoms with van der Waals surface area (Å²) in [6, 6.07) is 3.86. The van der Waals surface area contributed by atoms with E-state index in [-0.39, 0.29) is 5.69 Å². The van der Waals surface area contributed by atoms with Crippen LogP contribution in [0.3, 0.4) is 0 Å². The van der Waals surface area contributed by atoms with E-state index in [0.717, 1.165) is 30.3 Å². The Balaban J connectivity index is 1.80. The fraction of sp³-hybridized carbons (Fsp3) is 0.167. The van der Waals surface area contributed by atoms with Crippen LogP contribution in [0.15, 0.2) is 36.4 Å². The summed E-state index contributed by atoms with van der Waals surface area (Å²) in [6.45, 7) is 0.358. The van der Waals surface area contributed by atoms with Crippen LogP contribution in [0.25, 0.3) is 0 Å². The number of benzene rings is 2. The lowest BCUT2D eigenvalue weighted by atomic mass is 9.91. The van der Waals surface area contributed by atoms with Crippen LogP contribution >= 0.6 is 0 Å². The monoisotopic (exact) mass is 395 g/mol. The zero-order chi connectivity index (χ0) is 20.6. The summed E-state index contributed by atoms with van der Waals surface area (Å²) in [6.07, 6.45) is 0. The van der Waals surface area contributed by atoms with Crippen LogP contribution in [0.4, 0.5) is 28.0 Å². The van der Waals surface area contributed by atoms with Crippen LogP contribution in [-0.4, -0.2) is 29.3 Å². The van der Waals surface area contributed by atoms with E-state index in [1.807, 2.05) is 0 Å². The van der Waals surface area contributed by atoms with Gasteiger partial charge in [-0.3, -0.25) is 14.5 Å². The molecule has 0 spiro atoms. The molecule has 1 aliphatic heterocycles. The van der Waals surface area contributed by atoms with Crippen molar-refractivity contribution in [1.29, 1.82) is 0 Å². The third kappa shape index (κ3) is 3.40. The van der Waals surface area contributed by atoms with Gasteiger partial charge in [-0.15, -0.1) is 0 Å². The first-order chi connectivity index (χ1) is 13.1. The Labute approximate surface area is 156 Å². The number of rotatable bonds is 4. The van der Waals surface area contributed by atoms with E-state index in [4.69, 9.17) is 0 Å². The van der Waals surface area contributed by atoms with Crippen LogP contribution in [0.5, 0.6) is 0 Å². The van der Waals surface area contributed by atoms with E-state index < -0.39 is 58.8 Å². The molecular weight excluding hydrogens is 382 g/mol. The van der Waals surface area contributed by atoms with Crippen LogP contribution < -0.4 is 10.6 Å². The van der Waals surface area contributed by atoms with E-state index in [1.54, 1.807) is 0 Å². The van der Waals surface area contributed by atoms with Gasteiger partial charge in [-0.2, -0.15) is 0 Å². The molecule has 0 unspecified atom stereocenters. The molecule has 1 atom stereocenters. The lowest BCUT2D eigenvalue weighted by Crippen LogP contribution is -2.42. The molecule has 146 valence electrons. The predicted octanol–water partition coefficient (Wildman–Crippen LogP) is 2.65. The second kappa shape index (κ2) is 6.95. The Morgan fingerprint density at radius 3 is 2.36 bits per heavy atom. The van der Waals surface area contributed by atoms with Crippen molar-refractivity contribution in [1.82, 2.24) is 10.2 Å². The quantitative estimate of drug-likeness (QED) is 0.617. The molecule has 2 aromatic carbocycles. The average Bonchev–Trinajstić information content (AvgIpc) is 2.83. The third-order valence-corrected chi connectivity index (χ3v) is 4.25. The van der Waals surface area contributed by atoms with Crippen molar-refractivity contribution in [2.45, 2.75) is 12.5 Å². The molecule has 4 amide bonds. The zero-order valence-electron chi connectivity index (χ0n) is 14.4. The minimum absolute atomic E-state index is 0.350. The number of halogens is 4. The van der Waals surface area contributed by atoms with Crippen LogP contribution in [0, 0.1) is 23.3 Å². The van der Waals surface area contributed by atoms with Crippen molar-refractivity contribution in [2.24, 2.45) is 0 Å². The Bertz CT molecular complexity index is 998. The van der Waals surface area contributed by atoms with Gasteiger partial charge in [-0.1, -0.05) is 0 Å². The molecule has 2 aromatic rings. The molecule has 6 nitrogen and oxygen atoms in total. The molecule has 2 N–H and O–H groups in total. The lowest BCUT2D eigenvalue weighted by Gasteiger charge is -2.22. The highest BCUT2D eigenvalue weighted by Crippen LogP contribution is 2.31. The Morgan fingerprint density at radius 1 is 1.04 bits per heavy atom. The van der Waals surface area contributed by atoms with Crippen molar-refractivity contribution >= 4 is 23.5 Å². The average molecular weight is 395 g/mol. The van der Waals surface area contributed by atoms with Gasteiger partial charge in [-0.25, -0.2) is 22.4 Å². The maximum absolute atomic E-state index is 14.1. The Hall–Kier alpha value is -3.43. The van der Waals surface area contributed by atoms with Gasteiger partial charge in [0.2, 0.25) is 5.91 Å². The highest BCUT2D eigenvalue weighted by Gasteiger charge is 2.50. The number of anilines is 1. The van der Waals surface area contributed by atoms with Crippen molar-refractivity contribution in [3.63, 3.8) is 0 Å². The van der Waals surface area contributed by atoms with Crippen molar-refractivity contribution in [2.75, 3.05) is 11.9 Å². The fourth-order valence-corrected chi connectivity index (χ4v) is 2.83. The number of hydrogen-bond acceptors (Lipinski definition) is 3. The van der Waals surface area contributed by atoms with E-state index in [0.29, 0.717) is 11.0 Å². The van der Waals surface area contributed by atoms with Gasteiger partial charge in [0.1, 0.15) is 35.4 Å². The fourth-order valence-electron chi connectivity index (χ4n) is 2.83. The summed E-state index contributed by atoms with van der Waals surface area (Å²) in [5.74, 6) is -5.57. The number of hydrogen-bond donors (Lipinski definition) is 2. The van der Waals surface area contributed by atoms with Gasteiger partial charge in [0.25, 0.3) is 5.91 Å². The molecule has 1 saturated heterocycles. The summed E-state index contributed by atoms with van der Waals surface area (Å²) in [5, 5.41) is 4.33. The Morgan fingerprint density at radius 2 is 1.68 bits per heavy atom. The van der Waals surface area contributed by atoms with Gasteiger partial charge in [0, 0.05) is 11.6 Å². The van der Waals surface area contributed by atoms with Crippen molar-refractivity contribution < 1.29 is 31.9 Å². The summed E-state index contributed by atoms with van der Waals surface area (Å²) in [5.41, 5.74) is -2.68. The van der Waals surface area contributed by atoms with Crippen LogP contribution in [0.1, 0.15) is 12.5 Å². The van der Waals surface area contributed by atoms with Gasteiger partial charge in [0.15, 0.2) is 0 Å². The molecule has 0 aromatic heterocycles. The lowest BCUT2D eigenvalue weighted by molar-refractivity contribution is -0.133. The van der Waals surface area contributed by atoms with Crippen molar-refractivity contribution in [3.8, 4) is 0 Å². The van der Waals surface area contributed by atoms with Crippen molar-refractivity contribution in [3.05, 3.63) is 65.2 Å². The number of nitrogens with zero attached hydrogens (tertiary/aromatic N) is 1. The van der Waals surface area contributed by atoms with E-state index in [9.17, 15) is 31.9 Å². The number of carbonyl (C=O) groups excluding carboxylic acids is 3. The molecular formula is C18H13F4N3O3. The maximum Gasteiger partial charge on any atom is 0.325 e. The summed E-state index contributed by atoms with van der Waals surface area (Å²) in [7, 11) is 0. The van der Waals surface area contributed by atoms with Gasteiger partial charge >= 0.3 is 6.03 Å². The van der Waals surface area contributed by atoms with E-state index >= 15 is 0 Å². The van der Waals surface area contributed by atoms with Crippen LogP contribution in [-0.2, 0) is 15.1 Å². The first-order valence-corrected chi connectivity index (χ1v) is 7.96. The van der Waals surface area contributed by atoms with Gasteiger partial charge in [0.05, 0.1) is 5.69 Å². The van der Waals surface area contributed by atoms with Crippen LogP contribution in [0.2, 0.25) is 0 Å². The third-order valence-electron chi connectivity index (χ3n) is 4.25. The molecule has 10 heteroatoms. The summed E-state index contributed by atoms with van der Waals surface area (Å²) >= 11 is 0. The zero-order valence-corrected chi connectivity index (χ0v) is 14.4. The largest absolute Gasteiger partial charge is 0.325 e. The molecule has 0 bridgehead atoms. The molecule has 0 saturated carbocycles. The minimum Gasteiger partial charge on any atom is -0.322 e.